The lowest BCUT2D eigenvalue weighted by Crippen LogP contribution is -2.27. The van der Waals surface area contributed by atoms with Gasteiger partial charge in [-0.2, -0.15) is 5.10 Å². The van der Waals surface area contributed by atoms with Crippen molar-refractivity contribution in [3.8, 4) is 5.75 Å². The highest BCUT2D eigenvalue weighted by atomic mass is 16.5. The molecule has 0 fully saturated rings. The third-order valence-electron chi connectivity index (χ3n) is 3.96. The summed E-state index contributed by atoms with van der Waals surface area (Å²) >= 11 is 0. The number of benzene rings is 2. The Balaban J connectivity index is 1.70. The molecular weight excluding hydrogens is 308 g/mol. The molecule has 1 aromatic heterocycles. The molecule has 1 aliphatic heterocycles. The Bertz CT molecular complexity index is 977. The maximum absolute atomic E-state index is 12.7. The molecule has 0 atom stereocenters. The molecule has 4 rings (SSSR count). The highest BCUT2D eigenvalue weighted by molar-refractivity contribution is 6.11. The first kappa shape index (κ1) is 14.3. The van der Waals surface area contributed by atoms with Gasteiger partial charge in [0.1, 0.15) is 0 Å². The number of amides is 2. The van der Waals surface area contributed by atoms with E-state index in [4.69, 9.17) is 4.74 Å². The smallest absolute Gasteiger partial charge is 0.262 e. The summed E-state index contributed by atoms with van der Waals surface area (Å²) in [4.78, 5) is 24.1. The Morgan fingerprint density at radius 2 is 2.17 bits per heavy atom. The van der Waals surface area contributed by atoms with Gasteiger partial charge >= 0.3 is 0 Å². The molecule has 3 aromatic rings. The summed E-state index contributed by atoms with van der Waals surface area (Å²) in [6, 6.07) is 8.80. The molecule has 2 aromatic carbocycles. The molecule has 0 unspecified atom stereocenters. The summed E-state index contributed by atoms with van der Waals surface area (Å²) in [6.45, 7) is 1.88. The van der Waals surface area contributed by atoms with E-state index >= 15 is 0 Å². The minimum Gasteiger partial charge on any atom is -0.481 e. The largest absolute Gasteiger partial charge is 0.481 e. The van der Waals surface area contributed by atoms with E-state index in [1.807, 2.05) is 19.1 Å². The van der Waals surface area contributed by atoms with E-state index < -0.39 is 0 Å². The van der Waals surface area contributed by atoms with Crippen LogP contribution >= 0.6 is 0 Å². The molecular formula is C17H14N4O3. The number of H-pyrrole nitrogens is 1. The van der Waals surface area contributed by atoms with Crippen LogP contribution < -0.4 is 15.4 Å². The number of aryl methyl sites for hydroxylation is 1. The summed E-state index contributed by atoms with van der Waals surface area (Å²) < 4.78 is 5.42. The Morgan fingerprint density at radius 1 is 1.29 bits per heavy atom. The lowest BCUT2D eigenvalue weighted by atomic mass is 10.1. The number of fused-ring (bicyclic) bond motifs is 2. The Morgan fingerprint density at radius 3 is 3.04 bits per heavy atom. The van der Waals surface area contributed by atoms with Gasteiger partial charge in [-0.1, -0.05) is 12.1 Å². The third kappa shape index (κ3) is 2.26. The van der Waals surface area contributed by atoms with Crippen LogP contribution in [0, 0.1) is 6.92 Å². The van der Waals surface area contributed by atoms with Crippen LogP contribution in [0.5, 0.6) is 5.75 Å². The minimum absolute atomic E-state index is 0.105. The van der Waals surface area contributed by atoms with E-state index in [2.05, 4.69) is 20.8 Å². The molecule has 7 heteroatoms. The van der Waals surface area contributed by atoms with Crippen LogP contribution in [0.2, 0.25) is 0 Å². The van der Waals surface area contributed by atoms with Crippen LogP contribution in [-0.4, -0.2) is 28.6 Å². The topological polar surface area (TPSA) is 96.1 Å². The molecule has 0 spiro atoms. The lowest BCUT2D eigenvalue weighted by molar-refractivity contribution is -0.118. The van der Waals surface area contributed by atoms with Gasteiger partial charge in [0.05, 0.1) is 28.7 Å². The standard InChI is InChI=1S/C17H14N4O3/c1-9-5-6-12(15-11(9)7-18-21-15)20-17(23)10-3-2-4-13-16(10)24-8-14(22)19-13/h2-7H,8H2,1H3,(H,18,21)(H,19,22)(H,20,23). The molecule has 120 valence electrons. The molecule has 0 radical (unpaired) electrons. The zero-order valence-corrected chi connectivity index (χ0v) is 12.8. The second-order valence-electron chi connectivity index (χ2n) is 5.56. The molecule has 0 aliphatic carbocycles. The maximum atomic E-state index is 12.7. The lowest BCUT2D eigenvalue weighted by Gasteiger charge is -2.20. The van der Waals surface area contributed by atoms with E-state index in [0.717, 1.165) is 16.5 Å². The van der Waals surface area contributed by atoms with Crippen molar-refractivity contribution >= 4 is 34.1 Å². The van der Waals surface area contributed by atoms with Gasteiger partial charge in [-0.15, -0.1) is 0 Å². The van der Waals surface area contributed by atoms with Crippen molar-refractivity contribution in [3.05, 3.63) is 47.7 Å². The van der Waals surface area contributed by atoms with Gasteiger partial charge in [-0.05, 0) is 30.7 Å². The fourth-order valence-electron chi connectivity index (χ4n) is 2.76. The zero-order chi connectivity index (χ0) is 16.7. The summed E-state index contributed by atoms with van der Waals surface area (Å²) in [5.74, 6) is -0.178. The van der Waals surface area contributed by atoms with E-state index in [0.29, 0.717) is 22.7 Å². The molecule has 0 saturated carbocycles. The molecule has 2 heterocycles. The maximum Gasteiger partial charge on any atom is 0.262 e. The van der Waals surface area contributed by atoms with Crippen LogP contribution in [-0.2, 0) is 4.79 Å². The van der Waals surface area contributed by atoms with Crippen molar-refractivity contribution in [1.29, 1.82) is 0 Å². The number of rotatable bonds is 2. The third-order valence-corrected chi connectivity index (χ3v) is 3.96. The number of para-hydroxylation sites is 1. The van der Waals surface area contributed by atoms with Crippen molar-refractivity contribution < 1.29 is 14.3 Å². The van der Waals surface area contributed by atoms with Gasteiger partial charge in [-0.3, -0.25) is 14.7 Å². The number of carbonyl (C=O) groups is 2. The average molecular weight is 322 g/mol. The number of carbonyl (C=O) groups excluding carboxylic acids is 2. The van der Waals surface area contributed by atoms with Crippen molar-refractivity contribution in [2.24, 2.45) is 0 Å². The number of ether oxygens (including phenoxy) is 1. The quantitative estimate of drug-likeness (QED) is 0.675. The minimum atomic E-state index is -0.317. The number of anilines is 2. The first-order valence-electron chi connectivity index (χ1n) is 7.43. The van der Waals surface area contributed by atoms with Gasteiger partial charge in [0.2, 0.25) is 0 Å². The highest BCUT2D eigenvalue weighted by Crippen LogP contribution is 2.32. The number of aromatic nitrogens is 2. The van der Waals surface area contributed by atoms with Crippen molar-refractivity contribution in [1.82, 2.24) is 10.2 Å². The van der Waals surface area contributed by atoms with Crippen LogP contribution in [0.25, 0.3) is 10.9 Å². The van der Waals surface area contributed by atoms with E-state index in [1.165, 1.54) is 0 Å². The fourth-order valence-corrected chi connectivity index (χ4v) is 2.76. The number of aromatic amines is 1. The molecule has 0 saturated heterocycles. The van der Waals surface area contributed by atoms with E-state index in [1.54, 1.807) is 24.4 Å². The summed E-state index contributed by atoms with van der Waals surface area (Å²) in [7, 11) is 0. The number of nitrogens with one attached hydrogen (secondary N) is 3. The normalized spacial score (nSPS) is 13.1. The Hall–Kier alpha value is -3.35. The summed E-state index contributed by atoms with van der Waals surface area (Å²) in [6.07, 6.45) is 1.73. The molecule has 0 bridgehead atoms. The van der Waals surface area contributed by atoms with Crippen LogP contribution in [0.3, 0.4) is 0 Å². The second-order valence-corrected chi connectivity index (χ2v) is 5.56. The van der Waals surface area contributed by atoms with Crippen LogP contribution in [0.4, 0.5) is 11.4 Å². The summed E-state index contributed by atoms with van der Waals surface area (Å²) in [5.41, 5.74) is 3.33. The van der Waals surface area contributed by atoms with Crippen molar-refractivity contribution in [2.45, 2.75) is 6.92 Å². The Labute approximate surface area is 137 Å². The van der Waals surface area contributed by atoms with Gasteiger partial charge < -0.3 is 15.4 Å². The van der Waals surface area contributed by atoms with Gasteiger partial charge in [0.15, 0.2) is 12.4 Å². The van der Waals surface area contributed by atoms with Gasteiger partial charge in [0.25, 0.3) is 11.8 Å². The van der Waals surface area contributed by atoms with Gasteiger partial charge in [-0.25, -0.2) is 0 Å². The van der Waals surface area contributed by atoms with E-state index in [9.17, 15) is 9.59 Å². The van der Waals surface area contributed by atoms with Crippen LogP contribution in [0.1, 0.15) is 15.9 Å². The highest BCUT2D eigenvalue weighted by Gasteiger charge is 2.23. The first-order chi connectivity index (χ1) is 11.6. The SMILES string of the molecule is Cc1ccc(NC(=O)c2cccc3c2OCC(=O)N3)c2[nH]ncc12. The van der Waals surface area contributed by atoms with Crippen LogP contribution in [0.15, 0.2) is 36.5 Å². The second kappa shape index (κ2) is 5.38. The molecule has 2 amide bonds. The number of hydrogen-bond acceptors (Lipinski definition) is 4. The predicted octanol–water partition coefficient (Wildman–Crippen LogP) is 2.45. The molecule has 3 N–H and O–H groups in total. The van der Waals surface area contributed by atoms with Gasteiger partial charge in [0, 0.05) is 5.39 Å². The summed E-state index contributed by atoms with van der Waals surface area (Å²) in [5, 5.41) is 13.4. The monoisotopic (exact) mass is 322 g/mol. The van der Waals surface area contributed by atoms with E-state index in [-0.39, 0.29) is 18.4 Å². The Kier molecular flexibility index (Phi) is 3.19. The average Bonchev–Trinajstić information content (AvgIpc) is 3.07. The predicted molar refractivity (Wildman–Crippen MR) is 89.4 cm³/mol. The van der Waals surface area contributed by atoms with Crippen molar-refractivity contribution in [2.75, 3.05) is 17.2 Å². The molecule has 7 nitrogen and oxygen atoms in total. The first-order valence-corrected chi connectivity index (χ1v) is 7.43. The zero-order valence-electron chi connectivity index (χ0n) is 12.8. The number of nitrogens with zero attached hydrogens (tertiary/aromatic N) is 1. The fraction of sp³-hybridized carbons (Fsp3) is 0.118. The van der Waals surface area contributed by atoms with Crippen molar-refractivity contribution in [3.63, 3.8) is 0 Å². The molecule has 1 aliphatic rings. The number of hydrogen-bond donors (Lipinski definition) is 3. The molecule has 24 heavy (non-hydrogen) atoms.